The maximum Gasteiger partial charge on any atom is 0.193 e. The van der Waals surface area contributed by atoms with E-state index in [0.717, 1.165) is 22.3 Å². The van der Waals surface area contributed by atoms with Crippen molar-refractivity contribution in [2.24, 2.45) is 0 Å². The summed E-state index contributed by atoms with van der Waals surface area (Å²) in [5.74, 6) is 0.000283. The number of hydrogen-bond acceptors (Lipinski definition) is 2. The van der Waals surface area contributed by atoms with E-state index in [2.05, 4.69) is 4.98 Å². The van der Waals surface area contributed by atoms with Gasteiger partial charge in [0.2, 0.25) is 0 Å². The van der Waals surface area contributed by atoms with Crippen LogP contribution < -0.4 is 0 Å². The summed E-state index contributed by atoms with van der Waals surface area (Å²) in [6, 6.07) is 13.2. The second-order valence-electron chi connectivity index (χ2n) is 5.86. The number of benzene rings is 2. The molecular formula is C20H13Cl2NO. The van der Waals surface area contributed by atoms with E-state index in [4.69, 9.17) is 23.2 Å². The van der Waals surface area contributed by atoms with Gasteiger partial charge in [0.1, 0.15) is 0 Å². The van der Waals surface area contributed by atoms with E-state index < -0.39 is 0 Å². The van der Waals surface area contributed by atoms with Gasteiger partial charge in [-0.1, -0.05) is 41.4 Å². The Labute approximate surface area is 150 Å². The smallest absolute Gasteiger partial charge is 0.193 e. The second kappa shape index (κ2) is 6.04. The van der Waals surface area contributed by atoms with Crippen LogP contribution in [-0.4, -0.2) is 10.8 Å². The van der Waals surface area contributed by atoms with Crippen molar-refractivity contribution in [2.45, 2.75) is 12.8 Å². The summed E-state index contributed by atoms with van der Waals surface area (Å²) in [5.41, 5.74) is 5.21. The number of fused-ring (bicyclic) bond motifs is 2. The van der Waals surface area contributed by atoms with Gasteiger partial charge in [-0.2, -0.15) is 0 Å². The van der Waals surface area contributed by atoms with Crippen LogP contribution in [0.3, 0.4) is 0 Å². The number of halogens is 2. The number of hydrogen-bond donors (Lipinski definition) is 0. The normalized spacial score (nSPS) is 12.7. The molecule has 118 valence electrons. The molecule has 1 aliphatic rings. The molecule has 0 atom stereocenters. The Morgan fingerprint density at radius 3 is 2.46 bits per heavy atom. The first-order chi connectivity index (χ1) is 11.6. The van der Waals surface area contributed by atoms with Gasteiger partial charge < -0.3 is 0 Å². The van der Waals surface area contributed by atoms with Crippen molar-refractivity contribution >= 4 is 29.0 Å². The highest BCUT2D eigenvalue weighted by Crippen LogP contribution is 2.37. The summed E-state index contributed by atoms with van der Waals surface area (Å²) in [7, 11) is 0. The highest BCUT2D eigenvalue weighted by Gasteiger charge is 2.28. The number of carbonyl (C=O) groups is 1. The van der Waals surface area contributed by atoms with E-state index in [1.54, 1.807) is 12.4 Å². The van der Waals surface area contributed by atoms with Gasteiger partial charge >= 0.3 is 0 Å². The third-order valence-corrected chi connectivity index (χ3v) is 5.14. The molecule has 1 aromatic heterocycles. The molecule has 0 amide bonds. The van der Waals surface area contributed by atoms with E-state index in [0.29, 0.717) is 34.0 Å². The van der Waals surface area contributed by atoms with Crippen LogP contribution in [0.15, 0.2) is 54.9 Å². The molecule has 0 bridgehead atoms. The zero-order valence-electron chi connectivity index (χ0n) is 12.7. The molecule has 0 radical (unpaired) electrons. The van der Waals surface area contributed by atoms with Crippen LogP contribution in [0.4, 0.5) is 0 Å². The lowest BCUT2D eigenvalue weighted by Gasteiger charge is -2.23. The van der Waals surface area contributed by atoms with Gasteiger partial charge in [0, 0.05) is 40.0 Å². The van der Waals surface area contributed by atoms with Gasteiger partial charge in [0.05, 0.1) is 0 Å². The lowest BCUT2D eigenvalue weighted by Crippen LogP contribution is -2.18. The minimum atomic E-state index is 0.000283. The van der Waals surface area contributed by atoms with Crippen molar-refractivity contribution in [1.82, 2.24) is 4.98 Å². The minimum absolute atomic E-state index is 0.000283. The Kier molecular flexibility index (Phi) is 3.87. The summed E-state index contributed by atoms with van der Waals surface area (Å²) >= 11 is 12.7. The van der Waals surface area contributed by atoms with Crippen LogP contribution in [0.1, 0.15) is 38.2 Å². The van der Waals surface area contributed by atoms with Gasteiger partial charge in [0.25, 0.3) is 0 Å². The molecule has 1 aliphatic carbocycles. The average Bonchev–Trinajstić information content (AvgIpc) is 2.59. The molecule has 0 N–H and O–H groups in total. The minimum Gasteiger partial charge on any atom is -0.289 e. The van der Waals surface area contributed by atoms with Crippen molar-refractivity contribution in [3.8, 4) is 0 Å². The molecule has 2 aromatic carbocycles. The van der Waals surface area contributed by atoms with E-state index in [1.165, 1.54) is 0 Å². The van der Waals surface area contributed by atoms with Crippen molar-refractivity contribution in [3.05, 3.63) is 98.3 Å². The van der Waals surface area contributed by atoms with E-state index in [-0.39, 0.29) is 5.78 Å². The Morgan fingerprint density at radius 1 is 0.917 bits per heavy atom. The van der Waals surface area contributed by atoms with Gasteiger partial charge in [-0.05, 0) is 52.9 Å². The topological polar surface area (TPSA) is 30.0 Å². The zero-order valence-corrected chi connectivity index (χ0v) is 14.2. The first kappa shape index (κ1) is 15.4. The first-order valence-corrected chi connectivity index (χ1v) is 8.42. The summed E-state index contributed by atoms with van der Waals surface area (Å²) in [6.07, 6.45) is 4.77. The van der Waals surface area contributed by atoms with E-state index >= 15 is 0 Å². The van der Waals surface area contributed by atoms with Crippen LogP contribution in [-0.2, 0) is 12.8 Å². The van der Waals surface area contributed by atoms with Crippen LogP contribution >= 0.6 is 23.2 Å². The van der Waals surface area contributed by atoms with Crippen molar-refractivity contribution < 1.29 is 4.79 Å². The van der Waals surface area contributed by atoms with Gasteiger partial charge in [-0.25, -0.2) is 0 Å². The van der Waals surface area contributed by atoms with Gasteiger partial charge in [0.15, 0.2) is 5.78 Å². The standard InChI is InChI=1S/C20H13Cl2NO/c21-17-3-1-2-14-15(17)11-16-18(22)5-4-13(19(16)20(14)24)10-12-6-8-23-9-7-12/h1-9H,10-11H2. The molecule has 1 heterocycles. The maximum absolute atomic E-state index is 13.1. The highest BCUT2D eigenvalue weighted by atomic mass is 35.5. The number of carbonyl (C=O) groups excluding carboxylic acids is 1. The lowest BCUT2D eigenvalue weighted by molar-refractivity contribution is 0.103. The van der Waals surface area contributed by atoms with Gasteiger partial charge in [-0.3, -0.25) is 9.78 Å². The van der Waals surface area contributed by atoms with E-state index in [9.17, 15) is 4.79 Å². The maximum atomic E-state index is 13.1. The highest BCUT2D eigenvalue weighted by molar-refractivity contribution is 6.34. The second-order valence-corrected chi connectivity index (χ2v) is 6.68. The van der Waals surface area contributed by atoms with E-state index in [1.807, 2.05) is 42.5 Å². The molecule has 0 fully saturated rings. The van der Waals surface area contributed by atoms with Crippen LogP contribution in [0.25, 0.3) is 0 Å². The predicted octanol–water partition coefficient (Wildman–Crippen LogP) is 5.11. The monoisotopic (exact) mass is 353 g/mol. The largest absolute Gasteiger partial charge is 0.289 e. The number of ketones is 1. The lowest BCUT2D eigenvalue weighted by atomic mass is 9.81. The van der Waals surface area contributed by atoms with Crippen molar-refractivity contribution in [3.63, 3.8) is 0 Å². The fourth-order valence-electron chi connectivity index (χ4n) is 3.26. The summed E-state index contributed by atoms with van der Waals surface area (Å²) in [6.45, 7) is 0. The quantitative estimate of drug-likeness (QED) is 0.500. The molecule has 0 spiro atoms. The predicted molar refractivity (Wildman–Crippen MR) is 96.2 cm³/mol. The van der Waals surface area contributed by atoms with Crippen molar-refractivity contribution in [2.75, 3.05) is 0 Å². The third-order valence-electron chi connectivity index (χ3n) is 4.43. The molecule has 4 heteroatoms. The Balaban J connectivity index is 1.86. The van der Waals surface area contributed by atoms with Gasteiger partial charge in [-0.15, -0.1) is 0 Å². The number of aromatic nitrogens is 1. The molecule has 2 nitrogen and oxygen atoms in total. The number of pyridine rings is 1. The Bertz CT molecular complexity index is 951. The molecule has 0 saturated heterocycles. The molecule has 24 heavy (non-hydrogen) atoms. The molecule has 0 aliphatic heterocycles. The van der Waals surface area contributed by atoms with Crippen LogP contribution in [0, 0.1) is 0 Å². The molecule has 0 saturated carbocycles. The third kappa shape index (κ3) is 2.52. The molecule has 3 aromatic rings. The molecule has 4 rings (SSSR count). The summed E-state index contributed by atoms with van der Waals surface area (Å²) < 4.78 is 0. The number of rotatable bonds is 2. The van der Waals surface area contributed by atoms with Crippen LogP contribution in [0.2, 0.25) is 10.0 Å². The summed E-state index contributed by atoms with van der Waals surface area (Å²) in [4.78, 5) is 17.1. The van der Waals surface area contributed by atoms with Crippen LogP contribution in [0.5, 0.6) is 0 Å². The Morgan fingerprint density at radius 2 is 1.67 bits per heavy atom. The fraction of sp³-hybridized carbons (Fsp3) is 0.100. The average molecular weight is 354 g/mol. The fourth-order valence-corrected chi connectivity index (χ4v) is 3.72. The SMILES string of the molecule is O=C1c2cccc(Cl)c2Cc2c(Cl)ccc(Cc3ccncc3)c21. The molecular weight excluding hydrogens is 341 g/mol. The summed E-state index contributed by atoms with van der Waals surface area (Å²) in [5, 5.41) is 1.23. The Hall–Kier alpha value is -2.16. The van der Waals surface area contributed by atoms with Crippen molar-refractivity contribution in [1.29, 1.82) is 0 Å². The zero-order chi connectivity index (χ0) is 16.7. The molecule has 0 unspecified atom stereocenters. The number of nitrogens with zero attached hydrogens (tertiary/aromatic N) is 1. The first-order valence-electron chi connectivity index (χ1n) is 7.66.